The summed E-state index contributed by atoms with van der Waals surface area (Å²) < 4.78 is 28.2. The third-order valence-corrected chi connectivity index (χ3v) is 8.95. The van der Waals surface area contributed by atoms with Gasteiger partial charge in [-0.25, -0.2) is 4.79 Å². The summed E-state index contributed by atoms with van der Waals surface area (Å²) in [6.45, 7) is 7.62. The van der Waals surface area contributed by atoms with E-state index < -0.39 is 0 Å². The Morgan fingerprint density at radius 3 is 2.75 bits per heavy atom. The highest BCUT2D eigenvalue weighted by atomic mass is 16.5. The third kappa shape index (κ3) is 6.02. The first-order valence-electron chi connectivity index (χ1n) is 16.4. The average Bonchev–Trinajstić information content (AvgIpc) is 3.52. The van der Waals surface area contributed by atoms with E-state index in [9.17, 15) is 4.79 Å². The van der Waals surface area contributed by atoms with Gasteiger partial charge in [-0.15, -0.1) is 0 Å². The highest BCUT2D eigenvalue weighted by Crippen LogP contribution is 2.39. The van der Waals surface area contributed by atoms with E-state index in [1.807, 2.05) is 25.6 Å². The van der Waals surface area contributed by atoms with Gasteiger partial charge < -0.3 is 23.5 Å². The Morgan fingerprint density at radius 2 is 1.89 bits per heavy atom. The molecule has 8 heteroatoms. The van der Waals surface area contributed by atoms with E-state index in [0.29, 0.717) is 58.3 Å². The molecule has 0 amide bonds. The molecule has 3 heterocycles. The molecule has 8 nitrogen and oxygen atoms in total. The Labute approximate surface area is 260 Å². The largest absolute Gasteiger partial charge is 0.493 e. The molecule has 2 aliphatic rings. The predicted molar refractivity (Wildman–Crippen MR) is 171 cm³/mol. The number of benzene rings is 2. The van der Waals surface area contributed by atoms with Crippen LogP contribution < -0.4 is 4.74 Å². The fourth-order valence-corrected chi connectivity index (χ4v) is 6.94. The maximum atomic E-state index is 13.7. The number of ether oxygens (including phenoxy) is 4. The number of rotatable bonds is 10. The van der Waals surface area contributed by atoms with Gasteiger partial charge in [0.25, 0.3) is 0 Å². The summed E-state index contributed by atoms with van der Waals surface area (Å²) in [4.78, 5) is 13.7. The predicted octanol–water partition coefficient (Wildman–Crippen LogP) is 6.96. The minimum absolute atomic E-state index is 0.269. The molecule has 0 radical (unpaired) electrons. The second-order valence-corrected chi connectivity index (χ2v) is 11.7. The first kappa shape index (κ1) is 30.4. The number of para-hydroxylation sites is 1. The highest BCUT2D eigenvalue weighted by molar-refractivity contribution is 6.05. The van der Waals surface area contributed by atoms with E-state index in [0.717, 1.165) is 76.8 Å². The molecule has 0 spiro atoms. The molecular weight excluding hydrogens is 554 g/mol. The average molecular weight is 600 g/mol. The molecule has 0 saturated heterocycles. The van der Waals surface area contributed by atoms with Crippen LogP contribution in [0.25, 0.3) is 22.0 Å². The van der Waals surface area contributed by atoms with Crippen molar-refractivity contribution >= 4 is 16.9 Å². The van der Waals surface area contributed by atoms with E-state index in [4.69, 9.17) is 24.0 Å². The van der Waals surface area contributed by atoms with Crippen LogP contribution in [0.1, 0.15) is 84.5 Å². The molecule has 0 unspecified atom stereocenters. The van der Waals surface area contributed by atoms with Crippen molar-refractivity contribution in [2.45, 2.75) is 85.0 Å². The van der Waals surface area contributed by atoms with Crippen LogP contribution in [0.2, 0.25) is 0 Å². The zero-order valence-electron chi connectivity index (χ0n) is 26.5. The molecule has 2 aromatic heterocycles. The van der Waals surface area contributed by atoms with Crippen LogP contribution in [-0.4, -0.2) is 46.7 Å². The fourth-order valence-electron chi connectivity index (χ4n) is 6.94. The Kier molecular flexibility index (Phi) is 9.67. The van der Waals surface area contributed by atoms with Crippen LogP contribution in [-0.2, 0) is 60.3 Å². The lowest BCUT2D eigenvalue weighted by atomic mass is 9.91. The lowest BCUT2D eigenvalue weighted by Crippen LogP contribution is -2.15. The quantitative estimate of drug-likeness (QED) is 0.145. The van der Waals surface area contributed by atoms with E-state index in [1.54, 1.807) is 0 Å². The minimum Gasteiger partial charge on any atom is -0.493 e. The summed E-state index contributed by atoms with van der Waals surface area (Å²) in [5, 5.41) is 5.95. The van der Waals surface area contributed by atoms with Crippen molar-refractivity contribution in [3.05, 3.63) is 70.2 Å². The van der Waals surface area contributed by atoms with Gasteiger partial charge in [-0.05, 0) is 88.0 Å². The van der Waals surface area contributed by atoms with Crippen LogP contribution in [0.5, 0.6) is 5.75 Å². The first-order valence-corrected chi connectivity index (χ1v) is 16.4. The van der Waals surface area contributed by atoms with E-state index in [1.165, 1.54) is 24.0 Å². The third-order valence-electron chi connectivity index (χ3n) is 8.95. The van der Waals surface area contributed by atoms with Gasteiger partial charge >= 0.3 is 5.97 Å². The number of aromatic nitrogens is 3. The summed E-state index contributed by atoms with van der Waals surface area (Å²) in [6.07, 6.45) is 7.98. The molecule has 234 valence electrons. The summed E-state index contributed by atoms with van der Waals surface area (Å²) in [5.74, 6) is 0.745. The van der Waals surface area contributed by atoms with E-state index in [2.05, 4.69) is 41.0 Å². The number of hydrogen-bond donors (Lipinski definition) is 0. The van der Waals surface area contributed by atoms with Crippen LogP contribution in [0, 0.1) is 0 Å². The fraction of sp³-hybridized carbons (Fsp3) is 0.500. The van der Waals surface area contributed by atoms with Crippen molar-refractivity contribution in [1.29, 1.82) is 0 Å². The number of carbonyl (C=O) groups excluding carboxylic acids is 1. The number of aryl methyl sites for hydroxylation is 4. The van der Waals surface area contributed by atoms with E-state index >= 15 is 0 Å². The van der Waals surface area contributed by atoms with Crippen LogP contribution in [0.15, 0.2) is 36.4 Å². The molecule has 6 rings (SSSR count). The van der Waals surface area contributed by atoms with Crippen molar-refractivity contribution in [1.82, 2.24) is 14.3 Å². The molecule has 2 aromatic carbocycles. The normalized spacial score (nSPS) is 15.0. The number of hydrogen-bond acceptors (Lipinski definition) is 6. The van der Waals surface area contributed by atoms with Gasteiger partial charge in [-0.3, -0.25) is 4.68 Å². The van der Waals surface area contributed by atoms with Crippen LogP contribution >= 0.6 is 0 Å². The van der Waals surface area contributed by atoms with Gasteiger partial charge in [0.05, 0.1) is 43.3 Å². The Balaban J connectivity index is 1.42. The Morgan fingerprint density at radius 1 is 1.02 bits per heavy atom. The zero-order chi connectivity index (χ0) is 30.5. The van der Waals surface area contributed by atoms with Crippen LogP contribution in [0.4, 0.5) is 0 Å². The second kappa shape index (κ2) is 14.0. The molecule has 0 fully saturated rings. The van der Waals surface area contributed by atoms with Gasteiger partial charge in [-0.2, -0.15) is 5.10 Å². The van der Waals surface area contributed by atoms with E-state index in [-0.39, 0.29) is 5.97 Å². The second-order valence-electron chi connectivity index (χ2n) is 11.7. The minimum atomic E-state index is -0.269. The maximum absolute atomic E-state index is 13.7. The topological polar surface area (TPSA) is 76.7 Å². The lowest BCUT2D eigenvalue weighted by Gasteiger charge is -2.19. The molecule has 4 aromatic rings. The van der Waals surface area contributed by atoms with Crippen molar-refractivity contribution in [2.75, 3.05) is 26.4 Å². The Hall–Kier alpha value is -3.62. The molecule has 0 atom stereocenters. The number of esters is 1. The summed E-state index contributed by atoms with van der Waals surface area (Å²) in [7, 11) is 1.97. The van der Waals surface area contributed by atoms with Gasteiger partial charge in [0.15, 0.2) is 0 Å². The lowest BCUT2D eigenvalue weighted by molar-refractivity contribution is 0.0512. The molecule has 44 heavy (non-hydrogen) atoms. The molecular formula is C36H45N3O5. The number of nitrogens with zero attached hydrogens (tertiary/aromatic N) is 3. The van der Waals surface area contributed by atoms with Crippen LogP contribution in [0.3, 0.4) is 0 Å². The van der Waals surface area contributed by atoms with Crippen molar-refractivity contribution in [3.63, 3.8) is 0 Å². The SMILES string of the molecule is CCOCc1nn(C)c2c1-c1cccc3c(CCCOc4cccc5c4CCCC5)c(C(=O)OCC)n(c13)CCCCOC2. The van der Waals surface area contributed by atoms with Crippen molar-refractivity contribution < 1.29 is 23.7 Å². The standard InChI is InChI=1S/C36H45N3O5/c1-4-41-23-30-33-29-17-11-16-27-28(18-12-22-44-32-19-10-14-25-13-6-7-15-26(25)32)35(36(40)43-5-2)39(34(27)29)20-8-9-21-42-24-31(33)38(3)37-30/h10-11,14,16-17,19H,4-9,12-13,15,18,20-24H2,1-3H3. The highest BCUT2D eigenvalue weighted by Gasteiger charge is 2.28. The summed E-state index contributed by atoms with van der Waals surface area (Å²) in [6, 6.07) is 12.8. The zero-order valence-corrected chi connectivity index (χ0v) is 26.5. The number of fused-ring (bicyclic) bond motifs is 3. The van der Waals surface area contributed by atoms with Gasteiger partial charge in [-0.1, -0.05) is 30.3 Å². The van der Waals surface area contributed by atoms with Crippen molar-refractivity contribution in [3.8, 4) is 16.9 Å². The molecule has 0 saturated carbocycles. The molecule has 0 bridgehead atoms. The monoisotopic (exact) mass is 599 g/mol. The summed E-state index contributed by atoms with van der Waals surface area (Å²) in [5.41, 5.74) is 9.51. The van der Waals surface area contributed by atoms with Gasteiger partial charge in [0.2, 0.25) is 0 Å². The molecule has 1 aliphatic carbocycles. The Bertz CT molecular complexity index is 1620. The molecule has 1 aliphatic heterocycles. The smallest absolute Gasteiger partial charge is 0.355 e. The molecule has 0 N–H and O–H groups in total. The van der Waals surface area contributed by atoms with Gasteiger partial charge in [0, 0.05) is 43.3 Å². The van der Waals surface area contributed by atoms with Crippen molar-refractivity contribution in [2.24, 2.45) is 7.05 Å². The maximum Gasteiger partial charge on any atom is 0.355 e. The summed E-state index contributed by atoms with van der Waals surface area (Å²) >= 11 is 0. The number of carbonyl (C=O) groups is 1. The van der Waals surface area contributed by atoms with Gasteiger partial charge in [0.1, 0.15) is 11.4 Å². The first-order chi connectivity index (χ1) is 21.6.